The van der Waals surface area contributed by atoms with Crippen molar-refractivity contribution in [2.24, 2.45) is 0 Å². The quantitative estimate of drug-likeness (QED) is 0.589. The van der Waals surface area contributed by atoms with E-state index in [0.717, 1.165) is 19.7 Å². The van der Waals surface area contributed by atoms with Gasteiger partial charge in [0.2, 0.25) is 15.9 Å². The van der Waals surface area contributed by atoms with Gasteiger partial charge in [-0.2, -0.15) is 0 Å². The van der Waals surface area contributed by atoms with Crippen LogP contribution in [0.25, 0.3) is 0 Å². The highest BCUT2D eigenvalue weighted by molar-refractivity contribution is 14.1. The maximum absolute atomic E-state index is 12.9. The molecule has 0 spiro atoms. The number of benzene rings is 2. The first-order chi connectivity index (χ1) is 12.1. The van der Waals surface area contributed by atoms with Crippen molar-refractivity contribution >= 4 is 61.5 Å². The molecular weight excluding hydrogens is 487 g/mol. The Morgan fingerprint density at radius 1 is 1.23 bits per heavy atom. The summed E-state index contributed by atoms with van der Waals surface area (Å²) in [5.74, 6) is -0.378. The molecule has 1 amide bonds. The van der Waals surface area contributed by atoms with Crippen LogP contribution in [-0.4, -0.2) is 26.6 Å². The highest BCUT2D eigenvalue weighted by atomic mass is 127. The molecule has 0 aliphatic rings. The third-order valence-corrected chi connectivity index (χ3v) is 5.96. The standard InChI is InChI=1S/C18H20ClIN2O3S/c1-4-17(18(23)21-16-10-7-14(20)11-12(16)2)22(26(3,24)25)15-8-5-13(19)6-9-15/h5-11,17H,4H2,1-3H3,(H,21,23)/t17-/m0/s1. The zero-order chi connectivity index (χ0) is 19.5. The number of anilines is 2. The molecule has 0 bridgehead atoms. The SMILES string of the molecule is CC[C@@H](C(=O)Nc1ccc(I)cc1C)N(c1ccc(Cl)cc1)S(C)(=O)=O. The molecule has 0 fully saturated rings. The van der Waals surface area contributed by atoms with Crippen molar-refractivity contribution in [3.05, 3.63) is 56.6 Å². The third kappa shape index (κ3) is 5.11. The fourth-order valence-corrected chi connectivity index (χ4v) is 4.62. The fourth-order valence-electron chi connectivity index (χ4n) is 2.63. The Balaban J connectivity index is 2.38. The average Bonchev–Trinajstić information content (AvgIpc) is 2.55. The van der Waals surface area contributed by atoms with Crippen LogP contribution in [0.15, 0.2) is 42.5 Å². The molecule has 0 unspecified atom stereocenters. The summed E-state index contributed by atoms with van der Waals surface area (Å²) in [6.07, 6.45) is 1.42. The van der Waals surface area contributed by atoms with E-state index in [1.807, 2.05) is 25.1 Å². The van der Waals surface area contributed by atoms with Gasteiger partial charge in [-0.1, -0.05) is 18.5 Å². The number of sulfonamides is 1. The van der Waals surface area contributed by atoms with Gasteiger partial charge < -0.3 is 5.32 Å². The van der Waals surface area contributed by atoms with E-state index < -0.39 is 16.1 Å². The van der Waals surface area contributed by atoms with Crippen LogP contribution in [0, 0.1) is 10.5 Å². The van der Waals surface area contributed by atoms with Gasteiger partial charge in [0.05, 0.1) is 11.9 Å². The van der Waals surface area contributed by atoms with Gasteiger partial charge in [-0.15, -0.1) is 0 Å². The summed E-state index contributed by atoms with van der Waals surface area (Å²) >= 11 is 8.09. The predicted molar refractivity (Wildman–Crippen MR) is 115 cm³/mol. The summed E-state index contributed by atoms with van der Waals surface area (Å²) < 4.78 is 27.0. The van der Waals surface area contributed by atoms with Crippen LogP contribution >= 0.6 is 34.2 Å². The number of hydrogen-bond acceptors (Lipinski definition) is 3. The van der Waals surface area contributed by atoms with Crippen LogP contribution in [0.2, 0.25) is 5.02 Å². The molecule has 0 radical (unpaired) electrons. The van der Waals surface area contributed by atoms with Gasteiger partial charge in [-0.3, -0.25) is 9.10 Å². The number of halogens is 2. The summed E-state index contributed by atoms with van der Waals surface area (Å²) in [6.45, 7) is 3.67. The van der Waals surface area contributed by atoms with Crippen LogP contribution in [-0.2, 0) is 14.8 Å². The Hall–Kier alpha value is -1.32. The van der Waals surface area contributed by atoms with Gasteiger partial charge in [-0.05, 0) is 84.0 Å². The smallest absolute Gasteiger partial charge is 0.248 e. The number of amides is 1. The number of carbonyl (C=O) groups is 1. The van der Waals surface area contributed by atoms with Crippen LogP contribution < -0.4 is 9.62 Å². The van der Waals surface area contributed by atoms with Crippen LogP contribution in [0.1, 0.15) is 18.9 Å². The van der Waals surface area contributed by atoms with Crippen LogP contribution in [0.5, 0.6) is 0 Å². The second-order valence-electron chi connectivity index (χ2n) is 5.91. The van der Waals surface area contributed by atoms with E-state index in [-0.39, 0.29) is 5.91 Å². The molecule has 5 nitrogen and oxygen atoms in total. The number of carbonyl (C=O) groups excluding carboxylic acids is 1. The van der Waals surface area contributed by atoms with E-state index in [1.54, 1.807) is 31.2 Å². The first-order valence-corrected chi connectivity index (χ1v) is 11.3. The molecule has 0 heterocycles. The fraction of sp³-hybridized carbons (Fsp3) is 0.278. The van der Waals surface area contributed by atoms with Gasteiger partial charge in [0.15, 0.2) is 0 Å². The summed E-state index contributed by atoms with van der Waals surface area (Å²) in [5, 5.41) is 3.34. The van der Waals surface area contributed by atoms with Gasteiger partial charge in [0.1, 0.15) is 6.04 Å². The first kappa shape index (κ1) is 21.0. The Labute approximate surface area is 172 Å². The second kappa shape index (κ2) is 8.58. The summed E-state index contributed by atoms with van der Waals surface area (Å²) in [7, 11) is -3.67. The lowest BCUT2D eigenvalue weighted by Crippen LogP contribution is -2.47. The number of nitrogens with one attached hydrogen (secondary N) is 1. The lowest BCUT2D eigenvalue weighted by atomic mass is 10.1. The average molecular weight is 507 g/mol. The largest absolute Gasteiger partial charge is 0.324 e. The molecule has 0 saturated heterocycles. The van der Waals surface area contributed by atoms with E-state index in [2.05, 4.69) is 27.9 Å². The number of rotatable bonds is 6. The molecular formula is C18H20ClIN2O3S. The minimum atomic E-state index is -3.67. The van der Waals surface area contributed by atoms with Crippen molar-refractivity contribution < 1.29 is 13.2 Å². The van der Waals surface area contributed by atoms with Gasteiger partial charge >= 0.3 is 0 Å². The second-order valence-corrected chi connectivity index (χ2v) is 9.45. The van der Waals surface area contributed by atoms with Crippen molar-refractivity contribution in [2.45, 2.75) is 26.3 Å². The van der Waals surface area contributed by atoms with E-state index in [1.165, 1.54) is 0 Å². The molecule has 2 aromatic carbocycles. The summed E-state index contributed by atoms with van der Waals surface area (Å²) in [5.41, 5.74) is 1.98. The highest BCUT2D eigenvalue weighted by Crippen LogP contribution is 2.25. The van der Waals surface area contributed by atoms with E-state index in [9.17, 15) is 13.2 Å². The lowest BCUT2D eigenvalue weighted by Gasteiger charge is -2.30. The van der Waals surface area contributed by atoms with E-state index in [4.69, 9.17) is 11.6 Å². The van der Waals surface area contributed by atoms with Crippen molar-refractivity contribution in [2.75, 3.05) is 15.9 Å². The predicted octanol–water partition coefficient (Wildman–Crippen LogP) is 4.44. The molecule has 0 aliphatic heterocycles. The number of hydrogen-bond donors (Lipinski definition) is 1. The molecule has 140 valence electrons. The summed E-state index contributed by atoms with van der Waals surface area (Å²) in [6, 6.07) is 11.2. The molecule has 8 heteroatoms. The Kier molecular flexibility index (Phi) is 6.92. The monoisotopic (exact) mass is 506 g/mol. The third-order valence-electron chi connectivity index (χ3n) is 3.86. The molecule has 0 aromatic heterocycles. The van der Waals surface area contributed by atoms with Gasteiger partial charge in [0.25, 0.3) is 0 Å². The number of aryl methyl sites for hydroxylation is 1. The molecule has 0 saturated carbocycles. The van der Waals surface area contributed by atoms with Crippen molar-refractivity contribution in [3.63, 3.8) is 0 Å². The van der Waals surface area contributed by atoms with Crippen LogP contribution in [0.3, 0.4) is 0 Å². The molecule has 1 N–H and O–H groups in total. The zero-order valence-electron chi connectivity index (χ0n) is 14.7. The first-order valence-electron chi connectivity index (χ1n) is 7.95. The lowest BCUT2D eigenvalue weighted by molar-refractivity contribution is -0.117. The van der Waals surface area contributed by atoms with Crippen molar-refractivity contribution in [1.82, 2.24) is 0 Å². The molecule has 0 aliphatic carbocycles. The Morgan fingerprint density at radius 2 is 1.85 bits per heavy atom. The Bertz CT molecular complexity index is 901. The number of nitrogens with zero attached hydrogens (tertiary/aromatic N) is 1. The van der Waals surface area contributed by atoms with Gasteiger partial charge in [0, 0.05) is 14.3 Å². The maximum Gasteiger partial charge on any atom is 0.248 e. The molecule has 2 rings (SSSR count). The maximum atomic E-state index is 12.9. The molecule has 1 atom stereocenters. The minimum Gasteiger partial charge on any atom is -0.324 e. The zero-order valence-corrected chi connectivity index (χ0v) is 18.4. The normalized spacial score (nSPS) is 12.5. The van der Waals surface area contributed by atoms with Crippen molar-refractivity contribution in [3.8, 4) is 0 Å². The van der Waals surface area contributed by atoms with Crippen molar-refractivity contribution in [1.29, 1.82) is 0 Å². The Morgan fingerprint density at radius 3 is 2.35 bits per heavy atom. The van der Waals surface area contributed by atoms with E-state index >= 15 is 0 Å². The topological polar surface area (TPSA) is 66.5 Å². The van der Waals surface area contributed by atoms with E-state index in [0.29, 0.717) is 22.8 Å². The minimum absolute atomic E-state index is 0.324. The van der Waals surface area contributed by atoms with Crippen LogP contribution in [0.4, 0.5) is 11.4 Å². The highest BCUT2D eigenvalue weighted by Gasteiger charge is 2.31. The molecule has 2 aromatic rings. The van der Waals surface area contributed by atoms with Gasteiger partial charge in [-0.25, -0.2) is 8.42 Å². The molecule has 26 heavy (non-hydrogen) atoms. The summed E-state index contributed by atoms with van der Waals surface area (Å²) in [4.78, 5) is 12.9.